The van der Waals surface area contributed by atoms with Crippen LogP contribution in [0.4, 0.5) is 0 Å². The third-order valence-corrected chi connectivity index (χ3v) is 5.23. The van der Waals surface area contributed by atoms with Gasteiger partial charge in [0.15, 0.2) is 0 Å². The number of likely N-dealkylation sites (tertiary alicyclic amines) is 1. The Labute approximate surface area is 122 Å². The van der Waals surface area contributed by atoms with Crippen molar-refractivity contribution in [3.63, 3.8) is 0 Å². The second kappa shape index (κ2) is 6.44. The summed E-state index contributed by atoms with van der Waals surface area (Å²) in [4.78, 5) is 14.9. The number of methoxy groups -OCH3 is 1. The van der Waals surface area contributed by atoms with Crippen molar-refractivity contribution < 1.29 is 14.3 Å². The van der Waals surface area contributed by atoms with Crippen molar-refractivity contribution in [2.75, 3.05) is 33.5 Å². The normalized spacial score (nSPS) is 36.1. The number of rotatable bonds is 4. The van der Waals surface area contributed by atoms with Crippen molar-refractivity contribution in [3.8, 4) is 0 Å². The Kier molecular flexibility index (Phi) is 5.08. The third-order valence-electron chi connectivity index (χ3n) is 5.23. The minimum absolute atomic E-state index is 0.00556. The molecule has 4 atom stereocenters. The van der Waals surface area contributed by atoms with Gasteiger partial charge in [0.1, 0.15) is 0 Å². The Balaban J connectivity index is 1.99. The first-order valence-electron chi connectivity index (χ1n) is 7.85. The van der Waals surface area contributed by atoms with Crippen LogP contribution in [-0.2, 0) is 14.3 Å². The highest BCUT2D eigenvalue weighted by molar-refractivity contribution is 5.80. The molecule has 0 aromatic heterocycles. The summed E-state index contributed by atoms with van der Waals surface area (Å²) in [6.45, 7) is 9.57. The lowest BCUT2D eigenvalue weighted by Gasteiger charge is -2.40. The Morgan fingerprint density at radius 1 is 1.55 bits per heavy atom. The van der Waals surface area contributed by atoms with E-state index in [9.17, 15) is 4.79 Å². The van der Waals surface area contributed by atoms with E-state index in [1.807, 2.05) is 0 Å². The van der Waals surface area contributed by atoms with Crippen molar-refractivity contribution in [3.05, 3.63) is 0 Å². The predicted octanol–water partition coefficient (Wildman–Crippen LogP) is 2.32. The summed E-state index contributed by atoms with van der Waals surface area (Å²) in [5.74, 6) is 0.817. The molecule has 116 valence electrons. The van der Waals surface area contributed by atoms with Gasteiger partial charge in [-0.2, -0.15) is 0 Å². The van der Waals surface area contributed by atoms with Gasteiger partial charge in [-0.3, -0.25) is 4.79 Å². The summed E-state index contributed by atoms with van der Waals surface area (Å²) in [6, 6.07) is 0.332. The predicted molar refractivity (Wildman–Crippen MR) is 78.5 cm³/mol. The summed E-state index contributed by atoms with van der Waals surface area (Å²) in [5, 5.41) is 0. The molecule has 0 radical (unpaired) electrons. The highest BCUT2D eigenvalue weighted by atomic mass is 16.5. The van der Waals surface area contributed by atoms with Crippen molar-refractivity contribution >= 4 is 5.91 Å². The second-order valence-electron chi connectivity index (χ2n) is 6.93. The van der Waals surface area contributed by atoms with Crippen LogP contribution in [0.1, 0.15) is 40.0 Å². The average molecular weight is 283 g/mol. The lowest BCUT2D eigenvalue weighted by Crippen LogP contribution is -2.46. The molecule has 0 aromatic rings. The number of nitrogens with zero attached hydrogens (tertiary/aromatic N) is 1. The summed E-state index contributed by atoms with van der Waals surface area (Å²) in [6.07, 6.45) is 3.21. The minimum Gasteiger partial charge on any atom is -0.384 e. The van der Waals surface area contributed by atoms with Gasteiger partial charge in [0.05, 0.1) is 13.2 Å². The zero-order chi connectivity index (χ0) is 14.8. The SMILES string of the molecule is COCC1C[C@@H](C)N(C(=O)C(C)C2(C)CCCOC2)C1. The Morgan fingerprint density at radius 3 is 2.90 bits per heavy atom. The third kappa shape index (κ3) is 3.17. The van der Waals surface area contributed by atoms with Gasteiger partial charge in [-0.25, -0.2) is 0 Å². The van der Waals surface area contributed by atoms with E-state index < -0.39 is 0 Å². The van der Waals surface area contributed by atoms with Crippen LogP contribution in [0.15, 0.2) is 0 Å². The van der Waals surface area contributed by atoms with Gasteiger partial charge in [-0.1, -0.05) is 13.8 Å². The van der Waals surface area contributed by atoms with Crippen LogP contribution in [0.2, 0.25) is 0 Å². The van der Waals surface area contributed by atoms with Gasteiger partial charge in [-0.15, -0.1) is 0 Å². The molecule has 0 spiro atoms. The lowest BCUT2D eigenvalue weighted by atomic mass is 9.73. The van der Waals surface area contributed by atoms with E-state index in [1.54, 1.807) is 7.11 Å². The summed E-state index contributed by atoms with van der Waals surface area (Å²) < 4.78 is 10.9. The molecule has 0 N–H and O–H groups in total. The number of ether oxygens (including phenoxy) is 2. The number of carbonyl (C=O) groups excluding carboxylic acids is 1. The second-order valence-corrected chi connectivity index (χ2v) is 6.93. The first kappa shape index (κ1) is 15.8. The number of hydrogen-bond donors (Lipinski definition) is 0. The van der Waals surface area contributed by atoms with Gasteiger partial charge in [0.2, 0.25) is 5.91 Å². The summed E-state index contributed by atoms with van der Waals surface area (Å²) >= 11 is 0. The first-order chi connectivity index (χ1) is 9.48. The van der Waals surface area contributed by atoms with Gasteiger partial charge >= 0.3 is 0 Å². The van der Waals surface area contributed by atoms with Crippen LogP contribution < -0.4 is 0 Å². The molecule has 2 saturated heterocycles. The maximum Gasteiger partial charge on any atom is 0.226 e. The maximum atomic E-state index is 12.8. The Morgan fingerprint density at radius 2 is 2.30 bits per heavy atom. The average Bonchev–Trinajstić information content (AvgIpc) is 2.79. The molecule has 4 heteroatoms. The van der Waals surface area contributed by atoms with Gasteiger partial charge in [-0.05, 0) is 26.2 Å². The van der Waals surface area contributed by atoms with Gasteiger partial charge in [0.25, 0.3) is 0 Å². The molecule has 4 nitrogen and oxygen atoms in total. The van der Waals surface area contributed by atoms with Gasteiger partial charge in [0, 0.05) is 43.6 Å². The maximum absolute atomic E-state index is 12.8. The van der Waals surface area contributed by atoms with Crippen LogP contribution in [0.5, 0.6) is 0 Å². The van der Waals surface area contributed by atoms with Crippen molar-refractivity contribution in [2.24, 2.45) is 17.3 Å². The number of carbonyl (C=O) groups is 1. The highest BCUT2D eigenvalue weighted by Gasteiger charge is 2.42. The lowest BCUT2D eigenvalue weighted by molar-refractivity contribution is -0.144. The quantitative estimate of drug-likeness (QED) is 0.795. The Bertz CT molecular complexity index is 339. The fourth-order valence-corrected chi connectivity index (χ4v) is 3.65. The van der Waals surface area contributed by atoms with E-state index in [0.717, 1.165) is 39.0 Å². The van der Waals surface area contributed by atoms with Crippen LogP contribution in [0, 0.1) is 17.3 Å². The Hall–Kier alpha value is -0.610. The highest BCUT2D eigenvalue weighted by Crippen LogP contribution is 2.38. The molecule has 2 fully saturated rings. The fourth-order valence-electron chi connectivity index (χ4n) is 3.65. The number of hydrogen-bond acceptors (Lipinski definition) is 3. The molecule has 2 aliphatic heterocycles. The van der Waals surface area contributed by atoms with E-state index in [0.29, 0.717) is 24.5 Å². The summed E-state index contributed by atoms with van der Waals surface area (Å²) in [7, 11) is 1.73. The van der Waals surface area contributed by atoms with Gasteiger partial charge < -0.3 is 14.4 Å². The van der Waals surface area contributed by atoms with E-state index in [1.165, 1.54) is 0 Å². The molecule has 2 heterocycles. The molecule has 0 aromatic carbocycles. The molecule has 0 bridgehead atoms. The number of amides is 1. The molecule has 20 heavy (non-hydrogen) atoms. The standard InChI is InChI=1S/C16H29NO3/c1-12-8-14(10-19-4)9-17(12)15(18)13(2)16(3)6-5-7-20-11-16/h12-14H,5-11H2,1-4H3/t12-,13?,14?,16?/m1/s1. The van der Waals surface area contributed by atoms with Crippen LogP contribution >= 0.6 is 0 Å². The van der Waals surface area contributed by atoms with Crippen molar-refractivity contribution in [1.82, 2.24) is 4.90 Å². The first-order valence-corrected chi connectivity index (χ1v) is 7.85. The van der Waals surface area contributed by atoms with E-state index in [-0.39, 0.29) is 11.3 Å². The fraction of sp³-hybridized carbons (Fsp3) is 0.938. The molecule has 0 aliphatic carbocycles. The van der Waals surface area contributed by atoms with E-state index in [2.05, 4.69) is 25.7 Å². The van der Waals surface area contributed by atoms with Crippen molar-refractivity contribution in [1.29, 1.82) is 0 Å². The van der Waals surface area contributed by atoms with E-state index in [4.69, 9.17) is 9.47 Å². The molecule has 0 saturated carbocycles. The van der Waals surface area contributed by atoms with Crippen molar-refractivity contribution in [2.45, 2.75) is 46.1 Å². The van der Waals surface area contributed by atoms with E-state index >= 15 is 0 Å². The molecule has 2 rings (SSSR count). The minimum atomic E-state index is -0.00556. The summed E-state index contributed by atoms with van der Waals surface area (Å²) in [5.41, 5.74) is -0.00556. The molecule has 1 amide bonds. The monoisotopic (exact) mass is 283 g/mol. The molecule has 3 unspecified atom stereocenters. The topological polar surface area (TPSA) is 38.8 Å². The largest absolute Gasteiger partial charge is 0.384 e. The molecular weight excluding hydrogens is 254 g/mol. The van der Waals surface area contributed by atoms with Crippen LogP contribution in [0.3, 0.4) is 0 Å². The zero-order valence-corrected chi connectivity index (χ0v) is 13.4. The smallest absolute Gasteiger partial charge is 0.226 e. The van der Waals surface area contributed by atoms with Crippen LogP contribution in [0.25, 0.3) is 0 Å². The molecular formula is C16H29NO3. The zero-order valence-electron chi connectivity index (χ0n) is 13.4. The molecule has 2 aliphatic rings. The van der Waals surface area contributed by atoms with Crippen LogP contribution in [-0.4, -0.2) is 50.3 Å².